The minimum absolute atomic E-state index is 0.176. The Morgan fingerprint density at radius 3 is 2.71 bits per heavy atom. The molecule has 78 valence electrons. The van der Waals surface area contributed by atoms with Crippen LogP contribution >= 0.6 is 15.9 Å². The van der Waals surface area contributed by atoms with Crippen LogP contribution in [0.3, 0.4) is 0 Å². The zero-order chi connectivity index (χ0) is 10.7. The molecule has 0 saturated carbocycles. The first-order chi connectivity index (χ1) is 6.61. The van der Waals surface area contributed by atoms with Gasteiger partial charge in [0, 0.05) is 0 Å². The predicted octanol–water partition coefficient (Wildman–Crippen LogP) is 2.23. The number of methoxy groups -OCH3 is 1. The molecule has 0 aliphatic heterocycles. The van der Waals surface area contributed by atoms with Crippen molar-refractivity contribution in [2.75, 3.05) is 13.7 Å². The molecule has 0 saturated heterocycles. The van der Waals surface area contributed by atoms with Gasteiger partial charge < -0.3 is 15.6 Å². The zero-order valence-electron chi connectivity index (χ0n) is 8.25. The van der Waals surface area contributed by atoms with Crippen LogP contribution in [0.4, 0.5) is 0 Å². The summed E-state index contributed by atoms with van der Waals surface area (Å²) in [5, 5.41) is 9.45. The highest BCUT2D eigenvalue weighted by Gasteiger charge is 2.15. The minimum atomic E-state index is 0.176. The molecule has 3 nitrogen and oxygen atoms in total. The van der Waals surface area contributed by atoms with E-state index >= 15 is 0 Å². The summed E-state index contributed by atoms with van der Waals surface area (Å²) in [6, 6.07) is 3.46. The zero-order valence-corrected chi connectivity index (χ0v) is 9.84. The van der Waals surface area contributed by atoms with Gasteiger partial charge in [0.25, 0.3) is 0 Å². The molecule has 1 unspecified atom stereocenters. The van der Waals surface area contributed by atoms with Gasteiger partial charge in [-0.15, -0.1) is 0 Å². The number of benzene rings is 1. The van der Waals surface area contributed by atoms with Gasteiger partial charge in [-0.1, -0.05) is 13.0 Å². The number of ether oxygens (including phenoxy) is 1. The van der Waals surface area contributed by atoms with E-state index in [1.807, 2.05) is 13.0 Å². The number of hydrogen-bond donors (Lipinski definition) is 2. The molecule has 1 rings (SSSR count). The average molecular weight is 260 g/mol. The van der Waals surface area contributed by atoms with E-state index in [4.69, 9.17) is 10.5 Å². The molecule has 3 N–H and O–H groups in total. The largest absolute Gasteiger partial charge is 0.507 e. The van der Waals surface area contributed by atoms with E-state index in [1.165, 1.54) is 0 Å². The summed E-state index contributed by atoms with van der Waals surface area (Å²) >= 11 is 3.27. The number of aromatic hydroxyl groups is 1. The number of hydrogen-bond acceptors (Lipinski definition) is 3. The summed E-state index contributed by atoms with van der Waals surface area (Å²) in [6.07, 6.45) is 0. The van der Waals surface area contributed by atoms with Crippen molar-refractivity contribution in [1.82, 2.24) is 0 Å². The van der Waals surface area contributed by atoms with Crippen molar-refractivity contribution in [3.05, 3.63) is 22.2 Å². The normalized spacial score (nSPS) is 12.6. The highest BCUT2D eigenvalue weighted by Crippen LogP contribution is 2.39. The van der Waals surface area contributed by atoms with E-state index in [1.54, 1.807) is 13.2 Å². The Labute approximate surface area is 92.0 Å². The third-order valence-corrected chi connectivity index (χ3v) is 2.96. The fraction of sp³-hybridized carbons (Fsp3) is 0.400. The maximum absolute atomic E-state index is 9.45. The first-order valence-electron chi connectivity index (χ1n) is 4.37. The Kier molecular flexibility index (Phi) is 3.77. The SMILES string of the molecule is COc1c(C(C)CN)ccc(O)c1Br. The van der Waals surface area contributed by atoms with Gasteiger partial charge in [-0.2, -0.15) is 0 Å². The molecular formula is C10H14BrNO2. The van der Waals surface area contributed by atoms with Crippen LogP contribution in [0.25, 0.3) is 0 Å². The Morgan fingerprint density at radius 1 is 1.57 bits per heavy atom. The molecule has 0 fully saturated rings. The molecule has 0 bridgehead atoms. The standard InChI is InChI=1S/C10H14BrNO2/c1-6(5-12)7-3-4-8(13)9(11)10(7)14-2/h3-4,6,13H,5,12H2,1-2H3. The second-order valence-electron chi connectivity index (χ2n) is 3.16. The molecule has 0 heterocycles. The quantitative estimate of drug-likeness (QED) is 0.876. The smallest absolute Gasteiger partial charge is 0.140 e. The second-order valence-corrected chi connectivity index (χ2v) is 3.95. The number of halogens is 1. The van der Waals surface area contributed by atoms with Gasteiger partial charge in [0.05, 0.1) is 7.11 Å². The van der Waals surface area contributed by atoms with Crippen LogP contribution in [0, 0.1) is 0 Å². The first kappa shape index (κ1) is 11.3. The highest BCUT2D eigenvalue weighted by molar-refractivity contribution is 9.10. The average Bonchev–Trinajstić information content (AvgIpc) is 2.20. The van der Waals surface area contributed by atoms with Crippen LogP contribution in [0.15, 0.2) is 16.6 Å². The lowest BCUT2D eigenvalue weighted by molar-refractivity contribution is 0.396. The second kappa shape index (κ2) is 4.66. The number of phenolic OH excluding ortho intramolecular Hbond substituents is 1. The van der Waals surface area contributed by atoms with Crippen molar-refractivity contribution >= 4 is 15.9 Å². The minimum Gasteiger partial charge on any atom is -0.507 e. The third kappa shape index (κ3) is 2.01. The fourth-order valence-corrected chi connectivity index (χ4v) is 1.81. The lowest BCUT2D eigenvalue weighted by Crippen LogP contribution is -2.10. The monoisotopic (exact) mass is 259 g/mol. The van der Waals surface area contributed by atoms with Gasteiger partial charge in [-0.3, -0.25) is 0 Å². The molecular weight excluding hydrogens is 246 g/mol. The Balaban J connectivity index is 3.23. The van der Waals surface area contributed by atoms with Crippen LogP contribution in [0.5, 0.6) is 11.5 Å². The molecule has 1 aromatic rings. The fourth-order valence-electron chi connectivity index (χ4n) is 1.28. The predicted molar refractivity (Wildman–Crippen MR) is 59.8 cm³/mol. The molecule has 14 heavy (non-hydrogen) atoms. The molecule has 0 aliphatic rings. The number of rotatable bonds is 3. The molecule has 0 aliphatic carbocycles. The van der Waals surface area contributed by atoms with Gasteiger partial charge >= 0.3 is 0 Å². The van der Waals surface area contributed by atoms with Crippen molar-refractivity contribution < 1.29 is 9.84 Å². The van der Waals surface area contributed by atoms with Crippen molar-refractivity contribution in [2.45, 2.75) is 12.8 Å². The third-order valence-electron chi connectivity index (χ3n) is 2.20. The Morgan fingerprint density at radius 2 is 2.21 bits per heavy atom. The number of nitrogens with two attached hydrogens (primary N) is 1. The molecule has 0 spiro atoms. The van der Waals surface area contributed by atoms with Crippen LogP contribution in [-0.4, -0.2) is 18.8 Å². The Hall–Kier alpha value is -0.740. The van der Waals surface area contributed by atoms with Crippen molar-refractivity contribution in [3.8, 4) is 11.5 Å². The van der Waals surface area contributed by atoms with Gasteiger partial charge in [-0.05, 0) is 40.0 Å². The first-order valence-corrected chi connectivity index (χ1v) is 5.16. The summed E-state index contributed by atoms with van der Waals surface area (Å²) in [4.78, 5) is 0. The molecule has 1 atom stereocenters. The lowest BCUT2D eigenvalue weighted by Gasteiger charge is -2.15. The van der Waals surface area contributed by atoms with Gasteiger partial charge in [0.15, 0.2) is 0 Å². The van der Waals surface area contributed by atoms with E-state index in [2.05, 4.69) is 15.9 Å². The van der Waals surface area contributed by atoms with E-state index in [0.29, 0.717) is 16.8 Å². The van der Waals surface area contributed by atoms with Crippen LogP contribution < -0.4 is 10.5 Å². The maximum Gasteiger partial charge on any atom is 0.140 e. The van der Waals surface area contributed by atoms with Crippen LogP contribution in [-0.2, 0) is 0 Å². The van der Waals surface area contributed by atoms with Crippen molar-refractivity contribution in [1.29, 1.82) is 0 Å². The lowest BCUT2D eigenvalue weighted by atomic mass is 10.0. The highest BCUT2D eigenvalue weighted by atomic mass is 79.9. The van der Waals surface area contributed by atoms with E-state index in [9.17, 15) is 5.11 Å². The van der Waals surface area contributed by atoms with Gasteiger partial charge in [0.2, 0.25) is 0 Å². The van der Waals surface area contributed by atoms with Crippen molar-refractivity contribution in [2.24, 2.45) is 5.73 Å². The maximum atomic E-state index is 9.45. The van der Waals surface area contributed by atoms with E-state index in [-0.39, 0.29) is 11.7 Å². The van der Waals surface area contributed by atoms with E-state index < -0.39 is 0 Å². The van der Waals surface area contributed by atoms with Gasteiger partial charge in [-0.25, -0.2) is 0 Å². The summed E-state index contributed by atoms with van der Waals surface area (Å²) in [7, 11) is 1.58. The Bertz CT molecular complexity index is 328. The summed E-state index contributed by atoms with van der Waals surface area (Å²) in [5.41, 5.74) is 6.58. The van der Waals surface area contributed by atoms with Crippen LogP contribution in [0.1, 0.15) is 18.4 Å². The van der Waals surface area contributed by atoms with Crippen molar-refractivity contribution in [3.63, 3.8) is 0 Å². The molecule has 1 aromatic carbocycles. The summed E-state index contributed by atoms with van der Waals surface area (Å²) in [6.45, 7) is 2.56. The van der Waals surface area contributed by atoms with E-state index in [0.717, 1.165) is 5.56 Å². The summed E-state index contributed by atoms with van der Waals surface area (Å²) < 4.78 is 5.80. The molecule has 0 amide bonds. The van der Waals surface area contributed by atoms with Crippen LogP contribution in [0.2, 0.25) is 0 Å². The number of phenols is 1. The summed E-state index contributed by atoms with van der Waals surface area (Å²) in [5.74, 6) is 1.04. The topological polar surface area (TPSA) is 55.5 Å². The molecule has 0 radical (unpaired) electrons. The molecule has 4 heteroatoms. The van der Waals surface area contributed by atoms with Gasteiger partial charge in [0.1, 0.15) is 16.0 Å². The molecule has 0 aromatic heterocycles.